The van der Waals surface area contributed by atoms with E-state index < -0.39 is 25.3 Å². The standard InChI is InChI=1S/C38H42F2N6O4SSi/c1-38(2,3)50-37(47)46-23-10-11-24(46)20-44(19-23)35-30-32(42-36(43-35)51-5)31(40)33(45-15-14-41-34(30)45)27-18-25(49-21-48-4)17-22-9-12-28(39)26(29(22)27)13-16-52(6,7)8/h9,12,14-15,17-18,23-24H,10-11,19-21H2,1-8H3. The molecule has 0 saturated carbocycles. The van der Waals surface area contributed by atoms with Crippen LogP contribution in [0.2, 0.25) is 19.6 Å². The van der Waals surface area contributed by atoms with Gasteiger partial charge in [0.25, 0.3) is 0 Å². The third kappa shape index (κ3) is 6.65. The van der Waals surface area contributed by atoms with Crippen LogP contribution in [0, 0.1) is 23.1 Å². The number of thioether (sulfide) groups is 1. The fraction of sp³-hybridized carbons (Fsp3) is 0.421. The van der Waals surface area contributed by atoms with Gasteiger partial charge in [-0.05, 0) is 63.5 Å². The van der Waals surface area contributed by atoms with Crippen LogP contribution < -0.4 is 9.64 Å². The van der Waals surface area contributed by atoms with Crippen molar-refractivity contribution in [1.29, 1.82) is 0 Å². The number of carbonyl (C=O) groups excluding carboxylic acids is 1. The molecule has 2 bridgehead atoms. The molecule has 2 aromatic carbocycles. The van der Waals surface area contributed by atoms with Gasteiger partial charge in [0.05, 0.1) is 28.7 Å². The van der Waals surface area contributed by atoms with Crippen LogP contribution in [0.4, 0.5) is 19.4 Å². The molecule has 0 spiro atoms. The number of hydrogen-bond acceptors (Lipinski definition) is 9. The lowest BCUT2D eigenvalue weighted by molar-refractivity contribution is 0.0122. The van der Waals surface area contributed by atoms with Gasteiger partial charge in [-0.2, -0.15) is 0 Å². The topological polar surface area (TPSA) is 94.3 Å². The van der Waals surface area contributed by atoms with E-state index in [2.05, 4.69) is 36.0 Å². The summed E-state index contributed by atoms with van der Waals surface area (Å²) in [6.07, 6.45) is 6.46. The Morgan fingerprint density at radius 1 is 1.08 bits per heavy atom. The minimum Gasteiger partial charge on any atom is -0.468 e. The van der Waals surface area contributed by atoms with E-state index in [9.17, 15) is 4.79 Å². The molecule has 2 unspecified atom stereocenters. The fourth-order valence-corrected chi connectivity index (χ4v) is 7.98. The Bertz CT molecular complexity index is 2280. The van der Waals surface area contributed by atoms with E-state index in [-0.39, 0.29) is 41.7 Å². The quantitative estimate of drug-likeness (QED) is 0.0566. The number of halogens is 2. The van der Waals surface area contributed by atoms with Crippen molar-refractivity contribution in [1.82, 2.24) is 24.3 Å². The van der Waals surface area contributed by atoms with Gasteiger partial charge < -0.3 is 19.1 Å². The first-order valence-corrected chi connectivity index (χ1v) is 22.0. The molecule has 52 heavy (non-hydrogen) atoms. The zero-order chi connectivity index (χ0) is 37.1. The summed E-state index contributed by atoms with van der Waals surface area (Å²) >= 11 is 1.31. The molecule has 3 aromatic heterocycles. The highest BCUT2D eigenvalue weighted by Crippen LogP contribution is 2.43. The summed E-state index contributed by atoms with van der Waals surface area (Å²) < 4.78 is 51.9. The van der Waals surface area contributed by atoms with Crippen LogP contribution in [0.15, 0.2) is 41.8 Å². The second kappa shape index (κ2) is 13.5. The number of carbonyl (C=O) groups is 1. The Labute approximate surface area is 306 Å². The number of pyridine rings is 1. The number of piperazine rings is 1. The van der Waals surface area contributed by atoms with Gasteiger partial charge in [0.15, 0.2) is 23.4 Å². The van der Waals surface area contributed by atoms with Crippen LogP contribution in [0.1, 0.15) is 39.2 Å². The number of hydrogen-bond donors (Lipinski definition) is 0. The Kier molecular flexibility index (Phi) is 9.33. The molecule has 2 atom stereocenters. The van der Waals surface area contributed by atoms with Crippen molar-refractivity contribution in [2.75, 3.05) is 38.1 Å². The van der Waals surface area contributed by atoms with Crippen molar-refractivity contribution in [2.24, 2.45) is 0 Å². The Balaban J connectivity index is 1.45. The number of ether oxygens (including phenoxy) is 3. The maximum absolute atomic E-state index is 17.6. The molecule has 1 amide bonds. The second-order valence-electron chi connectivity index (χ2n) is 15.3. The van der Waals surface area contributed by atoms with E-state index in [1.165, 1.54) is 24.9 Å². The number of fused-ring (bicyclic) bond motifs is 6. The normalized spacial score (nSPS) is 17.6. The zero-order valence-corrected chi connectivity index (χ0v) is 32.5. The number of imidazole rings is 1. The van der Waals surface area contributed by atoms with Gasteiger partial charge in [-0.15, -0.1) is 5.54 Å². The van der Waals surface area contributed by atoms with Gasteiger partial charge in [0.2, 0.25) is 0 Å². The monoisotopic (exact) mass is 744 g/mol. The van der Waals surface area contributed by atoms with Crippen molar-refractivity contribution < 1.29 is 27.8 Å². The molecule has 2 fully saturated rings. The summed E-state index contributed by atoms with van der Waals surface area (Å²) in [6, 6.07) is 6.30. The predicted molar refractivity (Wildman–Crippen MR) is 203 cm³/mol. The Hall–Kier alpha value is -4.45. The van der Waals surface area contributed by atoms with Crippen molar-refractivity contribution >= 4 is 59.1 Å². The van der Waals surface area contributed by atoms with Gasteiger partial charge in [0.1, 0.15) is 36.6 Å². The maximum atomic E-state index is 17.6. The summed E-state index contributed by atoms with van der Waals surface area (Å²) in [5, 5.41) is 1.93. The lowest BCUT2D eigenvalue weighted by atomic mass is 9.95. The maximum Gasteiger partial charge on any atom is 0.410 e. The lowest BCUT2D eigenvalue weighted by Crippen LogP contribution is -2.57. The van der Waals surface area contributed by atoms with E-state index in [4.69, 9.17) is 29.2 Å². The van der Waals surface area contributed by atoms with E-state index in [1.807, 2.05) is 31.9 Å². The molecule has 0 aliphatic carbocycles. The van der Waals surface area contributed by atoms with Crippen molar-refractivity contribution in [3.8, 4) is 28.5 Å². The van der Waals surface area contributed by atoms with Crippen LogP contribution in [-0.4, -0.2) is 89.4 Å². The van der Waals surface area contributed by atoms with E-state index in [0.717, 1.165) is 12.8 Å². The molecule has 272 valence electrons. The number of amides is 1. The number of benzene rings is 2. The van der Waals surface area contributed by atoms with E-state index in [1.54, 1.807) is 35.0 Å². The SMILES string of the molecule is COCOc1cc(-c2c(F)c3nc(SC)nc(N4CC5CCC(C4)N5C(=O)OC(C)(C)C)c3c3nccn23)c2c(C#C[Si](C)(C)C)c(F)ccc2c1. The number of aromatic nitrogens is 4. The smallest absolute Gasteiger partial charge is 0.410 e. The Morgan fingerprint density at radius 3 is 2.46 bits per heavy atom. The van der Waals surface area contributed by atoms with Crippen molar-refractivity contribution in [3.05, 3.63) is 53.9 Å². The highest BCUT2D eigenvalue weighted by atomic mass is 32.2. The molecule has 5 aromatic rings. The molecule has 7 rings (SSSR count). The summed E-state index contributed by atoms with van der Waals surface area (Å²) in [4.78, 5) is 31.6. The number of anilines is 1. The first-order valence-electron chi connectivity index (χ1n) is 17.3. The molecule has 2 saturated heterocycles. The van der Waals surface area contributed by atoms with E-state index in [0.29, 0.717) is 57.2 Å². The van der Waals surface area contributed by atoms with Crippen LogP contribution in [0.5, 0.6) is 5.75 Å². The molecule has 0 N–H and O–H groups in total. The zero-order valence-electron chi connectivity index (χ0n) is 30.6. The predicted octanol–water partition coefficient (Wildman–Crippen LogP) is 7.90. The molecule has 0 radical (unpaired) electrons. The Morgan fingerprint density at radius 2 is 1.81 bits per heavy atom. The third-order valence-corrected chi connectivity index (χ3v) is 10.6. The van der Waals surface area contributed by atoms with Gasteiger partial charge >= 0.3 is 6.09 Å². The lowest BCUT2D eigenvalue weighted by Gasteiger charge is -2.42. The summed E-state index contributed by atoms with van der Waals surface area (Å²) in [7, 11) is -0.410. The number of methoxy groups -OCH3 is 1. The van der Waals surface area contributed by atoms with Crippen molar-refractivity contribution in [3.63, 3.8) is 0 Å². The van der Waals surface area contributed by atoms with Crippen LogP contribution in [0.3, 0.4) is 0 Å². The molecule has 5 heterocycles. The summed E-state index contributed by atoms with van der Waals surface area (Å²) in [5.41, 5.74) is 3.91. The highest BCUT2D eigenvalue weighted by Gasteiger charge is 2.45. The number of nitrogens with zero attached hydrogens (tertiary/aromatic N) is 6. The molecule has 2 aliphatic rings. The molecular weight excluding hydrogens is 703 g/mol. The summed E-state index contributed by atoms with van der Waals surface area (Å²) in [6.45, 7) is 12.8. The molecule has 14 heteroatoms. The van der Waals surface area contributed by atoms with Gasteiger partial charge in [0, 0.05) is 43.5 Å². The minimum absolute atomic E-state index is 0.0358. The van der Waals surface area contributed by atoms with Gasteiger partial charge in [-0.25, -0.2) is 28.5 Å². The minimum atomic E-state index is -1.93. The van der Waals surface area contributed by atoms with E-state index >= 15 is 8.78 Å². The van der Waals surface area contributed by atoms with Crippen LogP contribution in [0.25, 0.3) is 38.6 Å². The van der Waals surface area contributed by atoms with Crippen LogP contribution >= 0.6 is 11.8 Å². The molecular formula is C38H42F2N6O4SSi. The third-order valence-electron chi connectivity index (χ3n) is 9.16. The van der Waals surface area contributed by atoms with Gasteiger partial charge in [-0.1, -0.05) is 43.4 Å². The molecule has 10 nitrogen and oxygen atoms in total. The average Bonchev–Trinajstić information content (AvgIpc) is 3.67. The average molecular weight is 745 g/mol. The first-order chi connectivity index (χ1) is 24.7. The van der Waals surface area contributed by atoms with Gasteiger partial charge in [-0.3, -0.25) is 9.30 Å². The van der Waals surface area contributed by atoms with Crippen LogP contribution in [-0.2, 0) is 9.47 Å². The summed E-state index contributed by atoms with van der Waals surface area (Å²) in [5.74, 6) is 2.98. The highest BCUT2D eigenvalue weighted by molar-refractivity contribution is 7.98. The molecule has 2 aliphatic heterocycles. The first kappa shape index (κ1) is 35.9. The van der Waals surface area contributed by atoms with Crippen molar-refractivity contribution in [2.45, 2.75) is 76.1 Å². The largest absolute Gasteiger partial charge is 0.468 e. The fourth-order valence-electron chi connectivity index (χ4n) is 7.12. The second-order valence-corrected chi connectivity index (χ2v) is 20.8. The number of rotatable bonds is 6.